The van der Waals surface area contributed by atoms with Crippen LogP contribution in [0.3, 0.4) is 0 Å². The Kier molecular flexibility index (Phi) is 6.10. The molecule has 4 N–H and O–H groups in total. The van der Waals surface area contributed by atoms with Gasteiger partial charge in [0.25, 0.3) is 0 Å². The molecule has 0 fully saturated rings. The number of nitrogens with two attached hydrogens (primary N) is 1. The average molecular weight is 484 g/mol. The van der Waals surface area contributed by atoms with Gasteiger partial charge in [0, 0.05) is 23.9 Å². The summed E-state index contributed by atoms with van der Waals surface area (Å²) in [6.45, 7) is 2.99. The van der Waals surface area contributed by atoms with Gasteiger partial charge in [-0.25, -0.2) is 13.4 Å². The van der Waals surface area contributed by atoms with Crippen LogP contribution >= 0.6 is 0 Å². The van der Waals surface area contributed by atoms with Gasteiger partial charge in [-0.15, -0.1) is 0 Å². The number of sulfone groups is 1. The summed E-state index contributed by atoms with van der Waals surface area (Å²) in [7, 11) is -3.60. The lowest BCUT2D eigenvalue weighted by molar-refractivity contribution is -0.266. The third-order valence-corrected chi connectivity index (χ3v) is 6.54. The fourth-order valence-corrected chi connectivity index (χ4v) is 4.62. The second kappa shape index (κ2) is 8.14. The maximum atomic E-state index is 14.1. The van der Waals surface area contributed by atoms with Gasteiger partial charge in [0.1, 0.15) is 0 Å². The molecule has 0 saturated heterocycles. The summed E-state index contributed by atoms with van der Waals surface area (Å²) in [6, 6.07) is 10.0. The van der Waals surface area contributed by atoms with Gasteiger partial charge in [0.2, 0.25) is 5.91 Å². The van der Waals surface area contributed by atoms with Gasteiger partial charge in [0.15, 0.2) is 20.5 Å². The maximum Gasteiger partial charge on any atom is 0.417 e. The molecule has 0 bridgehead atoms. The minimum Gasteiger partial charge on any atom is -0.380 e. The van der Waals surface area contributed by atoms with Gasteiger partial charge in [-0.3, -0.25) is 4.79 Å². The highest BCUT2D eigenvalue weighted by Crippen LogP contribution is 2.43. The highest BCUT2D eigenvalue weighted by atomic mass is 32.2. The van der Waals surface area contributed by atoms with Crippen LogP contribution in [-0.4, -0.2) is 47.4 Å². The summed E-state index contributed by atoms with van der Waals surface area (Å²) in [5, 5.41) is 10.6. The molecule has 1 aromatic carbocycles. The first-order valence-electron chi connectivity index (χ1n) is 9.91. The van der Waals surface area contributed by atoms with Crippen LogP contribution in [0.1, 0.15) is 41.9 Å². The number of aliphatic hydroxyl groups is 1. The van der Waals surface area contributed by atoms with Crippen molar-refractivity contribution in [2.45, 2.75) is 48.9 Å². The molecule has 3 aromatic rings. The number of H-pyrrole nitrogens is 1. The first kappa shape index (κ1) is 24.7. The first-order valence-corrected chi connectivity index (χ1v) is 11.8. The zero-order chi connectivity index (χ0) is 24.8. The molecule has 3 rings (SSSR count). The van der Waals surface area contributed by atoms with Crippen LogP contribution in [0, 0.1) is 0 Å². The Morgan fingerprint density at radius 3 is 2.36 bits per heavy atom. The third-order valence-electron chi connectivity index (χ3n) is 5.55. The minimum atomic E-state index is -5.01. The summed E-state index contributed by atoms with van der Waals surface area (Å²) < 4.78 is 65.8. The molecule has 11 heteroatoms. The predicted molar refractivity (Wildman–Crippen MR) is 117 cm³/mol. The Balaban J connectivity index is 2.01. The monoisotopic (exact) mass is 483 g/mol. The van der Waals surface area contributed by atoms with E-state index in [1.165, 1.54) is 44.2 Å². The topological polar surface area (TPSA) is 126 Å². The summed E-state index contributed by atoms with van der Waals surface area (Å²) in [5.74, 6) is -0.780. The van der Waals surface area contributed by atoms with Crippen LogP contribution in [0.2, 0.25) is 0 Å². The molecule has 0 aliphatic rings. The largest absolute Gasteiger partial charge is 0.417 e. The second-order valence-corrected chi connectivity index (χ2v) is 10.8. The van der Waals surface area contributed by atoms with E-state index in [1.807, 2.05) is 0 Å². The van der Waals surface area contributed by atoms with Crippen molar-refractivity contribution in [3.05, 3.63) is 59.3 Å². The summed E-state index contributed by atoms with van der Waals surface area (Å²) in [4.78, 5) is 18.5. The molecule has 1 unspecified atom stereocenters. The van der Waals surface area contributed by atoms with Crippen LogP contribution in [0.4, 0.5) is 13.2 Å². The number of carbonyl (C=O) groups excluding carboxylic acids is 1. The Hall–Kier alpha value is -2.92. The van der Waals surface area contributed by atoms with E-state index in [-0.39, 0.29) is 27.4 Å². The molecule has 178 valence electrons. The Morgan fingerprint density at radius 2 is 1.79 bits per heavy atom. The van der Waals surface area contributed by atoms with Gasteiger partial charge >= 0.3 is 6.18 Å². The van der Waals surface area contributed by atoms with Crippen LogP contribution < -0.4 is 5.73 Å². The number of carbonyl (C=O) groups is 1. The minimum absolute atomic E-state index is 0.0296. The highest BCUT2D eigenvalue weighted by Gasteiger charge is 2.56. The highest BCUT2D eigenvalue weighted by molar-refractivity contribution is 7.90. The molecule has 0 radical (unpaired) electrons. The molecular formula is C22H24F3N3O4S. The van der Waals surface area contributed by atoms with E-state index in [0.717, 1.165) is 6.26 Å². The van der Waals surface area contributed by atoms with E-state index < -0.39 is 45.8 Å². The average Bonchev–Trinajstić information content (AvgIpc) is 3.07. The van der Waals surface area contributed by atoms with Crippen molar-refractivity contribution in [2.75, 3.05) is 6.26 Å². The van der Waals surface area contributed by atoms with Crippen molar-refractivity contribution in [3.63, 3.8) is 0 Å². The van der Waals surface area contributed by atoms with Gasteiger partial charge in [0.05, 0.1) is 11.0 Å². The number of hydrogen-bond acceptors (Lipinski definition) is 5. The molecular weight excluding hydrogens is 459 g/mol. The zero-order valence-corrected chi connectivity index (χ0v) is 19.0. The number of benzene rings is 1. The molecule has 0 aliphatic carbocycles. The number of rotatable bonds is 7. The molecule has 1 amide bonds. The van der Waals surface area contributed by atoms with Crippen molar-refractivity contribution in [1.29, 1.82) is 0 Å². The molecule has 1 atom stereocenters. The SMILES string of the molecule is CC(C)(CC(O)(Cc1cc2nc(S(C)(=O)=O)ccc2[nH]1)C(F)(F)F)c1ccccc1C(N)=O. The molecule has 2 aromatic heterocycles. The van der Waals surface area contributed by atoms with Crippen LogP contribution in [0.25, 0.3) is 11.0 Å². The fraction of sp³-hybridized carbons (Fsp3) is 0.364. The van der Waals surface area contributed by atoms with Crippen molar-refractivity contribution >= 4 is 26.8 Å². The van der Waals surface area contributed by atoms with E-state index >= 15 is 0 Å². The quantitative estimate of drug-likeness (QED) is 0.476. The first-order chi connectivity index (χ1) is 15.0. The smallest absolute Gasteiger partial charge is 0.380 e. The van der Waals surface area contributed by atoms with E-state index in [0.29, 0.717) is 5.52 Å². The normalized spacial score (nSPS) is 14.9. The van der Waals surface area contributed by atoms with Gasteiger partial charge < -0.3 is 15.8 Å². The zero-order valence-electron chi connectivity index (χ0n) is 18.2. The van der Waals surface area contributed by atoms with Gasteiger partial charge in [-0.05, 0) is 41.7 Å². The number of fused-ring (bicyclic) bond motifs is 1. The number of hydrogen-bond donors (Lipinski definition) is 3. The van der Waals surface area contributed by atoms with Crippen LogP contribution in [0.15, 0.2) is 47.5 Å². The number of alkyl halides is 3. The van der Waals surface area contributed by atoms with Crippen molar-refractivity contribution < 1.29 is 31.5 Å². The Morgan fingerprint density at radius 1 is 1.15 bits per heavy atom. The number of aromatic nitrogens is 2. The van der Waals surface area contributed by atoms with Gasteiger partial charge in [-0.2, -0.15) is 13.2 Å². The standard InChI is InChI=1S/C22H24F3N3O4S/c1-20(2,15-7-5-4-6-14(15)19(26)29)12-21(30,22(23,24)25)11-13-10-17-16(27-13)8-9-18(28-17)33(3,31)32/h4-10,27,30H,11-12H2,1-3H3,(H2,26,29). The number of halogens is 3. The Labute approximate surface area is 188 Å². The van der Waals surface area contributed by atoms with E-state index in [4.69, 9.17) is 5.73 Å². The number of pyridine rings is 1. The maximum absolute atomic E-state index is 14.1. The summed E-state index contributed by atoms with van der Waals surface area (Å²) in [5.41, 5.74) is 1.85. The number of nitrogens with zero attached hydrogens (tertiary/aromatic N) is 1. The van der Waals surface area contributed by atoms with Gasteiger partial charge in [-0.1, -0.05) is 32.0 Å². The van der Waals surface area contributed by atoms with E-state index in [2.05, 4.69) is 9.97 Å². The summed E-state index contributed by atoms with van der Waals surface area (Å²) in [6.07, 6.45) is -5.62. The lowest BCUT2D eigenvalue weighted by Gasteiger charge is -2.38. The molecule has 7 nitrogen and oxygen atoms in total. The van der Waals surface area contributed by atoms with Crippen LogP contribution in [-0.2, 0) is 21.7 Å². The molecule has 0 spiro atoms. The summed E-state index contributed by atoms with van der Waals surface area (Å²) >= 11 is 0. The van der Waals surface area contributed by atoms with E-state index in [1.54, 1.807) is 12.1 Å². The van der Waals surface area contributed by atoms with Crippen molar-refractivity contribution in [3.8, 4) is 0 Å². The number of nitrogens with one attached hydrogen (secondary N) is 1. The number of aromatic amines is 1. The fourth-order valence-electron chi connectivity index (χ4n) is 4.04. The number of amides is 1. The molecule has 0 saturated carbocycles. The Bertz CT molecular complexity index is 1320. The number of primary amides is 1. The molecule has 33 heavy (non-hydrogen) atoms. The third kappa shape index (κ3) is 5.03. The second-order valence-electron chi connectivity index (χ2n) is 8.83. The van der Waals surface area contributed by atoms with Crippen molar-refractivity contribution in [1.82, 2.24) is 9.97 Å². The lowest BCUT2D eigenvalue weighted by Crippen LogP contribution is -2.51. The van der Waals surface area contributed by atoms with Crippen molar-refractivity contribution in [2.24, 2.45) is 5.73 Å². The molecule has 0 aliphatic heterocycles. The predicted octanol–water partition coefficient (Wildman–Crippen LogP) is 3.27. The van der Waals surface area contributed by atoms with Crippen LogP contribution in [0.5, 0.6) is 0 Å². The molecule has 2 heterocycles. The van der Waals surface area contributed by atoms with E-state index in [9.17, 15) is 31.5 Å². The lowest BCUT2D eigenvalue weighted by atomic mass is 9.72.